The van der Waals surface area contributed by atoms with Gasteiger partial charge in [-0.1, -0.05) is 30.3 Å². The Morgan fingerprint density at radius 3 is 2.27 bits per heavy atom. The van der Waals surface area contributed by atoms with Crippen LogP contribution >= 0.6 is 0 Å². The predicted octanol–water partition coefficient (Wildman–Crippen LogP) is 0.0365. The van der Waals surface area contributed by atoms with Gasteiger partial charge in [0, 0.05) is 13.6 Å². The molecule has 1 unspecified atom stereocenters. The zero-order valence-corrected chi connectivity index (χ0v) is 13.6. The number of hydrogen-bond donors (Lipinski definition) is 2. The highest BCUT2D eigenvalue weighted by Crippen LogP contribution is 2.23. The first-order valence-corrected chi connectivity index (χ1v) is 8.39. The van der Waals surface area contributed by atoms with E-state index in [1.807, 2.05) is 0 Å². The molecule has 0 aliphatic rings. The van der Waals surface area contributed by atoms with E-state index in [4.69, 9.17) is 0 Å². The number of likely N-dealkylation sites (N-methyl/N-ethyl adjacent to an activating group) is 1. The molecule has 1 atom stereocenters. The fraction of sp³-hybridized carbons (Fsp3) is 0.429. The van der Waals surface area contributed by atoms with Crippen LogP contribution in [0.5, 0.6) is 0 Å². The molecule has 7 nitrogen and oxygen atoms in total. The van der Waals surface area contributed by atoms with Crippen LogP contribution in [0.1, 0.15) is 12.5 Å². The fourth-order valence-corrected chi connectivity index (χ4v) is 2.11. The molecule has 0 aliphatic carbocycles. The van der Waals surface area contributed by atoms with E-state index < -0.39 is 27.3 Å². The summed E-state index contributed by atoms with van der Waals surface area (Å²) in [7, 11) is -2.18. The molecule has 0 heterocycles. The highest BCUT2D eigenvalue weighted by molar-refractivity contribution is 7.88. The van der Waals surface area contributed by atoms with Gasteiger partial charge in [-0.15, -0.1) is 0 Å². The van der Waals surface area contributed by atoms with E-state index in [9.17, 15) is 23.1 Å². The Labute approximate surface area is 130 Å². The van der Waals surface area contributed by atoms with Gasteiger partial charge < -0.3 is 10.4 Å². The number of carbonyl (C=O) groups is 2. The van der Waals surface area contributed by atoms with E-state index >= 15 is 0 Å². The van der Waals surface area contributed by atoms with Crippen LogP contribution in [0.4, 0.5) is 0 Å². The van der Waals surface area contributed by atoms with Crippen molar-refractivity contribution >= 4 is 21.9 Å². The number of sulfonamides is 1. The summed E-state index contributed by atoms with van der Waals surface area (Å²) in [5.74, 6) is -1.63. The normalized spacial score (nSPS) is 14.4. The first kappa shape index (κ1) is 18.1. The molecule has 122 valence electrons. The summed E-state index contributed by atoms with van der Waals surface area (Å²) < 4.78 is 23.4. The number of carboxylic acid groups (broad SMARTS) is 1. The maximum absolute atomic E-state index is 11.8. The minimum atomic E-state index is -3.46. The van der Waals surface area contributed by atoms with Crippen LogP contribution in [0.3, 0.4) is 0 Å². The maximum Gasteiger partial charge on any atom is 0.315 e. The lowest BCUT2D eigenvalue weighted by atomic mass is 9.82. The molecule has 0 saturated carbocycles. The van der Waals surface area contributed by atoms with Crippen LogP contribution in [0, 0.1) is 0 Å². The van der Waals surface area contributed by atoms with E-state index in [1.54, 1.807) is 30.3 Å². The summed E-state index contributed by atoms with van der Waals surface area (Å²) in [4.78, 5) is 23.3. The van der Waals surface area contributed by atoms with Gasteiger partial charge in [-0.05, 0) is 12.5 Å². The van der Waals surface area contributed by atoms with Crippen LogP contribution in [-0.4, -0.2) is 56.1 Å². The minimum Gasteiger partial charge on any atom is -0.481 e. The Balaban J connectivity index is 2.78. The minimum absolute atomic E-state index is 0.136. The Hall–Kier alpha value is -1.93. The summed E-state index contributed by atoms with van der Waals surface area (Å²) >= 11 is 0. The van der Waals surface area contributed by atoms with Gasteiger partial charge in [-0.25, -0.2) is 8.42 Å². The van der Waals surface area contributed by atoms with Gasteiger partial charge >= 0.3 is 5.97 Å². The fourth-order valence-electron chi connectivity index (χ4n) is 1.76. The van der Waals surface area contributed by atoms with Crippen LogP contribution in [0.25, 0.3) is 0 Å². The standard InChI is InChI=1S/C14H20N2O5S/c1-14(13(18)19,11-7-5-4-6-8-11)10-15-12(17)9-16(2)22(3,20)21/h4-8H,9-10H2,1-3H3,(H,15,17)(H,18,19). The van der Waals surface area contributed by atoms with Gasteiger partial charge in [0.05, 0.1) is 12.8 Å². The highest BCUT2D eigenvalue weighted by Gasteiger charge is 2.35. The van der Waals surface area contributed by atoms with Gasteiger partial charge in [0.15, 0.2) is 0 Å². The molecule has 0 fully saturated rings. The smallest absolute Gasteiger partial charge is 0.315 e. The van der Waals surface area contributed by atoms with Gasteiger partial charge in [0.2, 0.25) is 15.9 Å². The van der Waals surface area contributed by atoms with Crippen LogP contribution in [0.15, 0.2) is 30.3 Å². The molecule has 1 aromatic rings. The molecular formula is C14H20N2O5S. The molecule has 0 spiro atoms. The van der Waals surface area contributed by atoms with E-state index in [-0.39, 0.29) is 13.1 Å². The lowest BCUT2D eigenvalue weighted by Crippen LogP contribution is -2.47. The lowest BCUT2D eigenvalue weighted by Gasteiger charge is -2.26. The molecular weight excluding hydrogens is 308 g/mol. The molecule has 0 aromatic heterocycles. The summed E-state index contributed by atoms with van der Waals surface area (Å²) in [5, 5.41) is 11.9. The van der Waals surface area contributed by atoms with E-state index in [0.717, 1.165) is 10.6 Å². The van der Waals surface area contributed by atoms with Gasteiger partial charge in [-0.2, -0.15) is 4.31 Å². The number of hydrogen-bond acceptors (Lipinski definition) is 4. The average Bonchev–Trinajstić information content (AvgIpc) is 2.44. The molecule has 0 saturated heterocycles. The number of carbonyl (C=O) groups excluding carboxylic acids is 1. The monoisotopic (exact) mass is 328 g/mol. The number of carboxylic acids is 1. The molecule has 1 aromatic carbocycles. The first-order valence-electron chi connectivity index (χ1n) is 6.54. The number of benzene rings is 1. The molecule has 0 bridgehead atoms. The second kappa shape index (κ2) is 6.89. The van der Waals surface area contributed by atoms with Crippen molar-refractivity contribution < 1.29 is 23.1 Å². The summed E-state index contributed by atoms with van der Waals surface area (Å²) in [5.41, 5.74) is -0.736. The van der Waals surface area contributed by atoms with Gasteiger partial charge in [0.25, 0.3) is 0 Å². The second-order valence-electron chi connectivity index (χ2n) is 5.30. The van der Waals surface area contributed by atoms with Crippen molar-refractivity contribution in [3.05, 3.63) is 35.9 Å². The zero-order chi connectivity index (χ0) is 17.0. The quantitative estimate of drug-likeness (QED) is 0.735. The Morgan fingerprint density at radius 1 is 1.27 bits per heavy atom. The number of rotatable bonds is 7. The summed E-state index contributed by atoms with van der Waals surface area (Å²) in [6.07, 6.45) is 0.992. The summed E-state index contributed by atoms with van der Waals surface area (Å²) in [6.45, 7) is 1.01. The highest BCUT2D eigenvalue weighted by atomic mass is 32.2. The molecule has 0 aliphatic heterocycles. The number of amides is 1. The largest absolute Gasteiger partial charge is 0.481 e. The van der Waals surface area contributed by atoms with Crippen molar-refractivity contribution in [1.29, 1.82) is 0 Å². The first-order chi connectivity index (χ1) is 10.1. The second-order valence-corrected chi connectivity index (χ2v) is 7.39. The van der Waals surface area contributed by atoms with Crippen molar-refractivity contribution in [2.75, 3.05) is 26.4 Å². The van der Waals surface area contributed by atoms with E-state index in [0.29, 0.717) is 5.56 Å². The number of nitrogens with one attached hydrogen (secondary N) is 1. The maximum atomic E-state index is 11.8. The third kappa shape index (κ3) is 4.54. The van der Waals surface area contributed by atoms with Crippen molar-refractivity contribution in [2.45, 2.75) is 12.3 Å². The van der Waals surface area contributed by atoms with Crippen molar-refractivity contribution in [3.8, 4) is 0 Å². The molecule has 22 heavy (non-hydrogen) atoms. The van der Waals surface area contributed by atoms with Crippen LogP contribution in [0.2, 0.25) is 0 Å². The van der Waals surface area contributed by atoms with Crippen LogP contribution < -0.4 is 5.32 Å². The topological polar surface area (TPSA) is 104 Å². The Kier molecular flexibility index (Phi) is 5.67. The lowest BCUT2D eigenvalue weighted by molar-refractivity contribution is -0.143. The van der Waals surface area contributed by atoms with Gasteiger partial charge in [-0.3, -0.25) is 9.59 Å². The predicted molar refractivity (Wildman–Crippen MR) is 81.9 cm³/mol. The van der Waals surface area contributed by atoms with Crippen molar-refractivity contribution in [3.63, 3.8) is 0 Å². The average molecular weight is 328 g/mol. The SMILES string of the molecule is CN(CC(=O)NCC(C)(C(=O)O)c1ccccc1)S(C)(=O)=O. The molecule has 2 N–H and O–H groups in total. The van der Waals surface area contributed by atoms with Crippen molar-refractivity contribution in [1.82, 2.24) is 9.62 Å². The van der Waals surface area contributed by atoms with Crippen LogP contribution in [-0.2, 0) is 25.0 Å². The van der Waals surface area contributed by atoms with E-state index in [1.165, 1.54) is 14.0 Å². The van der Waals surface area contributed by atoms with E-state index in [2.05, 4.69) is 5.32 Å². The molecule has 8 heteroatoms. The number of nitrogens with zero attached hydrogens (tertiary/aromatic N) is 1. The Morgan fingerprint density at radius 2 is 1.82 bits per heavy atom. The third-order valence-electron chi connectivity index (χ3n) is 3.45. The Bertz CT molecular complexity index is 644. The molecule has 1 rings (SSSR count). The van der Waals surface area contributed by atoms with Crippen molar-refractivity contribution in [2.24, 2.45) is 0 Å². The third-order valence-corrected chi connectivity index (χ3v) is 4.72. The number of aliphatic carboxylic acids is 1. The molecule has 0 radical (unpaired) electrons. The zero-order valence-electron chi connectivity index (χ0n) is 12.7. The van der Waals surface area contributed by atoms with Gasteiger partial charge in [0.1, 0.15) is 5.41 Å². The molecule has 1 amide bonds. The summed E-state index contributed by atoms with van der Waals surface area (Å²) in [6, 6.07) is 8.54.